The van der Waals surface area contributed by atoms with Crippen molar-refractivity contribution < 1.29 is 0 Å². The topological polar surface area (TPSA) is 36.4 Å². The highest BCUT2D eigenvalue weighted by Gasteiger charge is 2.12. The minimum Gasteiger partial charge on any atom is -0.381 e. The molecule has 118 valence electrons. The fraction of sp³-hybridized carbons (Fsp3) is 0.250. The van der Waals surface area contributed by atoms with Crippen molar-refractivity contribution in [2.75, 3.05) is 18.4 Å². The first kappa shape index (κ1) is 15.3. The number of aryl methyl sites for hydroxylation is 1. The van der Waals surface area contributed by atoms with Crippen LogP contribution in [0.1, 0.15) is 24.5 Å². The zero-order valence-corrected chi connectivity index (χ0v) is 13.8. The zero-order valence-electron chi connectivity index (χ0n) is 13.8. The Morgan fingerprint density at radius 1 is 1.26 bits per heavy atom. The number of nitrogens with zero attached hydrogens (tertiary/aromatic N) is 1. The largest absolute Gasteiger partial charge is 0.381 e. The second kappa shape index (κ2) is 7.14. The third-order valence-corrected chi connectivity index (χ3v) is 4.11. The second-order valence-corrected chi connectivity index (χ2v) is 5.83. The van der Waals surface area contributed by atoms with Crippen LogP contribution in [-0.2, 0) is 0 Å². The number of amidine groups is 1. The average Bonchev–Trinajstić information content (AvgIpc) is 2.90. The Morgan fingerprint density at radius 2 is 2.17 bits per heavy atom. The van der Waals surface area contributed by atoms with Gasteiger partial charge in [-0.25, -0.2) is 0 Å². The number of nitrogens with one attached hydrogen (secondary N) is 2. The Bertz CT molecular complexity index is 733. The standard InChI is InChI=1S/C20H23N3/c1-3-18-14-22-20(23-18)17-10-11-19(15(2)12-17)21-13-16-8-6-4-5-7-9-16/h3-8,10-12,21H,9,13-14H2,1-2H3,(H,22,23)/b18-3+. The zero-order chi connectivity index (χ0) is 16.1. The predicted octanol–water partition coefficient (Wildman–Crippen LogP) is 4.10. The van der Waals surface area contributed by atoms with Gasteiger partial charge in [0.25, 0.3) is 0 Å². The maximum atomic E-state index is 4.55. The Morgan fingerprint density at radius 3 is 2.96 bits per heavy atom. The average molecular weight is 305 g/mol. The third-order valence-electron chi connectivity index (χ3n) is 4.11. The minimum absolute atomic E-state index is 0.750. The fourth-order valence-electron chi connectivity index (χ4n) is 2.69. The number of benzene rings is 1. The molecule has 23 heavy (non-hydrogen) atoms. The lowest BCUT2D eigenvalue weighted by atomic mass is 10.1. The maximum absolute atomic E-state index is 4.55. The molecule has 0 atom stereocenters. The molecular formula is C20H23N3. The minimum atomic E-state index is 0.750. The van der Waals surface area contributed by atoms with Crippen molar-refractivity contribution in [3.8, 4) is 0 Å². The van der Waals surface area contributed by atoms with Crippen molar-refractivity contribution in [3.05, 3.63) is 77.1 Å². The van der Waals surface area contributed by atoms with E-state index in [0.717, 1.165) is 30.9 Å². The quantitative estimate of drug-likeness (QED) is 0.878. The van der Waals surface area contributed by atoms with E-state index in [0.29, 0.717) is 0 Å². The van der Waals surface area contributed by atoms with Crippen molar-refractivity contribution >= 4 is 11.5 Å². The Labute approximate surface area is 138 Å². The molecule has 3 nitrogen and oxygen atoms in total. The van der Waals surface area contributed by atoms with Crippen molar-refractivity contribution in [1.29, 1.82) is 0 Å². The number of rotatable bonds is 4. The molecule has 2 aliphatic rings. The lowest BCUT2D eigenvalue weighted by Crippen LogP contribution is -2.18. The molecular weight excluding hydrogens is 282 g/mol. The lowest BCUT2D eigenvalue weighted by molar-refractivity contribution is 1.10. The molecule has 0 saturated carbocycles. The van der Waals surface area contributed by atoms with Gasteiger partial charge >= 0.3 is 0 Å². The van der Waals surface area contributed by atoms with E-state index in [9.17, 15) is 0 Å². The molecule has 1 aliphatic heterocycles. The van der Waals surface area contributed by atoms with Gasteiger partial charge in [0.05, 0.1) is 6.54 Å². The van der Waals surface area contributed by atoms with Crippen LogP contribution in [0.25, 0.3) is 0 Å². The van der Waals surface area contributed by atoms with Crippen molar-refractivity contribution in [3.63, 3.8) is 0 Å². The number of allylic oxidation sites excluding steroid dienone is 6. The van der Waals surface area contributed by atoms with E-state index in [-0.39, 0.29) is 0 Å². The number of aliphatic imine (C=N–C) groups is 1. The van der Waals surface area contributed by atoms with Crippen molar-refractivity contribution in [2.45, 2.75) is 20.3 Å². The molecule has 0 spiro atoms. The van der Waals surface area contributed by atoms with E-state index < -0.39 is 0 Å². The molecule has 0 radical (unpaired) electrons. The molecule has 0 unspecified atom stereocenters. The SMILES string of the molecule is C/C=C1\CN=C(c2ccc(NCC3=CC=CC=CC3)c(C)c2)N1. The molecule has 0 amide bonds. The van der Waals surface area contributed by atoms with E-state index in [2.05, 4.69) is 77.2 Å². The van der Waals surface area contributed by atoms with Crippen LogP contribution < -0.4 is 10.6 Å². The monoisotopic (exact) mass is 305 g/mol. The van der Waals surface area contributed by atoms with Gasteiger partial charge in [0.2, 0.25) is 0 Å². The first-order chi connectivity index (χ1) is 11.3. The highest BCUT2D eigenvalue weighted by atomic mass is 15.1. The van der Waals surface area contributed by atoms with E-state index in [1.54, 1.807) is 0 Å². The third kappa shape index (κ3) is 3.81. The predicted molar refractivity (Wildman–Crippen MR) is 98.9 cm³/mol. The molecule has 1 aliphatic carbocycles. The van der Waals surface area contributed by atoms with Gasteiger partial charge in [-0.15, -0.1) is 0 Å². The first-order valence-corrected chi connectivity index (χ1v) is 8.09. The van der Waals surface area contributed by atoms with Crippen LogP contribution >= 0.6 is 0 Å². The van der Waals surface area contributed by atoms with E-state index in [1.165, 1.54) is 22.5 Å². The normalized spacial score (nSPS) is 18.4. The summed E-state index contributed by atoms with van der Waals surface area (Å²) in [4.78, 5) is 4.55. The Kier molecular flexibility index (Phi) is 4.77. The molecule has 3 rings (SSSR count). The van der Waals surface area contributed by atoms with Gasteiger partial charge in [0.1, 0.15) is 5.84 Å². The van der Waals surface area contributed by atoms with E-state index >= 15 is 0 Å². The van der Waals surface area contributed by atoms with Crippen LogP contribution in [-0.4, -0.2) is 18.9 Å². The van der Waals surface area contributed by atoms with Crippen LogP contribution in [0.4, 0.5) is 5.69 Å². The van der Waals surface area contributed by atoms with Crippen LogP contribution in [0, 0.1) is 6.92 Å². The lowest BCUT2D eigenvalue weighted by Gasteiger charge is -2.13. The van der Waals surface area contributed by atoms with E-state index in [1.807, 2.05) is 6.92 Å². The summed E-state index contributed by atoms with van der Waals surface area (Å²) in [6.45, 7) is 5.79. The first-order valence-electron chi connectivity index (χ1n) is 8.09. The smallest absolute Gasteiger partial charge is 0.132 e. The van der Waals surface area contributed by atoms with Gasteiger partial charge in [-0.2, -0.15) is 0 Å². The van der Waals surface area contributed by atoms with Crippen molar-refractivity contribution in [2.24, 2.45) is 4.99 Å². The molecule has 2 N–H and O–H groups in total. The summed E-state index contributed by atoms with van der Waals surface area (Å²) in [5.41, 5.74) is 6.11. The maximum Gasteiger partial charge on any atom is 0.132 e. The number of hydrogen-bond acceptors (Lipinski definition) is 3. The van der Waals surface area contributed by atoms with Crippen LogP contribution in [0.5, 0.6) is 0 Å². The van der Waals surface area contributed by atoms with Crippen LogP contribution in [0.2, 0.25) is 0 Å². The van der Waals surface area contributed by atoms with Crippen molar-refractivity contribution in [1.82, 2.24) is 5.32 Å². The highest BCUT2D eigenvalue weighted by molar-refractivity contribution is 6.01. The van der Waals surface area contributed by atoms with Crippen LogP contribution in [0.3, 0.4) is 0 Å². The molecule has 0 bridgehead atoms. The molecule has 3 heteroatoms. The molecule has 0 saturated heterocycles. The Balaban J connectivity index is 1.67. The number of hydrogen-bond donors (Lipinski definition) is 2. The van der Waals surface area contributed by atoms with Gasteiger partial charge in [0, 0.05) is 23.5 Å². The Hall–Kier alpha value is -2.55. The van der Waals surface area contributed by atoms with Gasteiger partial charge in [-0.3, -0.25) is 4.99 Å². The summed E-state index contributed by atoms with van der Waals surface area (Å²) in [6, 6.07) is 6.46. The van der Waals surface area contributed by atoms with Crippen LogP contribution in [0.15, 0.2) is 70.9 Å². The summed E-state index contributed by atoms with van der Waals surface area (Å²) in [5, 5.41) is 6.90. The summed E-state index contributed by atoms with van der Waals surface area (Å²) >= 11 is 0. The van der Waals surface area contributed by atoms with Gasteiger partial charge in [0.15, 0.2) is 0 Å². The summed E-state index contributed by atoms with van der Waals surface area (Å²) in [6.07, 6.45) is 13.7. The summed E-state index contributed by atoms with van der Waals surface area (Å²) < 4.78 is 0. The molecule has 1 heterocycles. The molecule has 1 aromatic carbocycles. The van der Waals surface area contributed by atoms with E-state index in [4.69, 9.17) is 0 Å². The fourth-order valence-corrected chi connectivity index (χ4v) is 2.69. The molecule has 0 fully saturated rings. The van der Waals surface area contributed by atoms with Gasteiger partial charge < -0.3 is 10.6 Å². The summed E-state index contributed by atoms with van der Waals surface area (Å²) in [7, 11) is 0. The molecule has 0 aromatic heterocycles. The summed E-state index contributed by atoms with van der Waals surface area (Å²) in [5.74, 6) is 0.967. The van der Waals surface area contributed by atoms with Gasteiger partial charge in [-0.1, -0.05) is 36.5 Å². The van der Waals surface area contributed by atoms with Gasteiger partial charge in [-0.05, 0) is 49.6 Å². The second-order valence-electron chi connectivity index (χ2n) is 5.83. The highest BCUT2D eigenvalue weighted by Crippen LogP contribution is 2.19. The molecule has 1 aromatic rings. The number of anilines is 1.